The maximum absolute atomic E-state index is 11.6. The lowest BCUT2D eigenvalue weighted by atomic mass is 10.2. The Labute approximate surface area is 107 Å². The van der Waals surface area contributed by atoms with Gasteiger partial charge in [0.15, 0.2) is 0 Å². The molecule has 17 heavy (non-hydrogen) atoms. The van der Waals surface area contributed by atoms with Crippen LogP contribution in [0.15, 0.2) is 0 Å². The first-order chi connectivity index (χ1) is 7.99. The Balaban J connectivity index is 3.81. The summed E-state index contributed by atoms with van der Waals surface area (Å²) in [5.74, 6) is 1.21. The maximum atomic E-state index is 11.6. The van der Waals surface area contributed by atoms with E-state index in [1.807, 2.05) is 18.7 Å². The summed E-state index contributed by atoms with van der Waals surface area (Å²) in [6, 6.07) is -0.0425. The van der Waals surface area contributed by atoms with Gasteiger partial charge in [0.2, 0.25) is 0 Å². The van der Waals surface area contributed by atoms with E-state index in [4.69, 9.17) is 5.11 Å². The van der Waals surface area contributed by atoms with Crippen molar-refractivity contribution in [2.45, 2.75) is 32.7 Å². The third kappa shape index (κ3) is 7.90. The molecule has 0 aliphatic heterocycles. The van der Waals surface area contributed by atoms with Crippen LogP contribution in [-0.2, 0) is 4.79 Å². The Hall–Kier alpha value is -0.910. The smallest absolute Gasteiger partial charge is 0.317 e. The first-order valence-corrected chi connectivity index (χ1v) is 6.94. The van der Waals surface area contributed by atoms with Crippen molar-refractivity contribution in [1.82, 2.24) is 10.2 Å². The summed E-state index contributed by atoms with van der Waals surface area (Å²) >= 11 is 1.85. The molecular formula is C11H22N2O3S. The molecule has 0 aliphatic rings. The van der Waals surface area contributed by atoms with Crippen molar-refractivity contribution in [2.24, 2.45) is 0 Å². The third-order valence-corrected chi connectivity index (χ3v) is 3.41. The zero-order chi connectivity index (χ0) is 13.3. The molecule has 0 saturated heterocycles. The van der Waals surface area contributed by atoms with E-state index in [9.17, 15) is 9.59 Å². The van der Waals surface area contributed by atoms with Gasteiger partial charge in [-0.3, -0.25) is 4.79 Å². The summed E-state index contributed by atoms with van der Waals surface area (Å²) in [4.78, 5) is 23.5. The van der Waals surface area contributed by atoms with Crippen molar-refractivity contribution in [2.75, 3.05) is 25.1 Å². The number of urea groups is 1. The number of amides is 2. The van der Waals surface area contributed by atoms with Gasteiger partial charge in [-0.25, -0.2) is 4.79 Å². The van der Waals surface area contributed by atoms with Gasteiger partial charge >= 0.3 is 12.0 Å². The first kappa shape index (κ1) is 16.1. The summed E-state index contributed by atoms with van der Waals surface area (Å²) in [6.07, 6.45) is 0.904. The number of hydrogen-bond donors (Lipinski definition) is 2. The molecule has 6 heteroatoms. The van der Waals surface area contributed by atoms with Gasteiger partial charge in [0.25, 0.3) is 0 Å². The molecule has 0 rings (SSSR count). The fourth-order valence-corrected chi connectivity index (χ4v) is 1.99. The summed E-state index contributed by atoms with van der Waals surface area (Å²) in [5, 5.41) is 11.0. The number of thioether (sulfide) groups is 1. The molecule has 2 N–H and O–H groups in total. The van der Waals surface area contributed by atoms with Crippen molar-refractivity contribution in [3.8, 4) is 0 Å². The molecule has 0 heterocycles. The molecule has 100 valence electrons. The zero-order valence-electron chi connectivity index (χ0n) is 10.7. The Morgan fingerprint density at radius 1 is 1.47 bits per heavy atom. The van der Waals surface area contributed by atoms with E-state index >= 15 is 0 Å². The number of nitrogens with zero attached hydrogens (tertiary/aromatic N) is 1. The molecule has 5 nitrogen and oxygen atoms in total. The van der Waals surface area contributed by atoms with Crippen molar-refractivity contribution in [3.05, 3.63) is 0 Å². The van der Waals surface area contributed by atoms with E-state index in [2.05, 4.69) is 12.2 Å². The second kappa shape index (κ2) is 9.15. The second-order valence-corrected chi connectivity index (χ2v) is 5.22. The van der Waals surface area contributed by atoms with Crippen LogP contribution in [0.25, 0.3) is 0 Å². The van der Waals surface area contributed by atoms with Gasteiger partial charge in [-0.2, -0.15) is 11.8 Å². The molecule has 0 aromatic carbocycles. The minimum absolute atomic E-state index is 0.0420. The summed E-state index contributed by atoms with van der Waals surface area (Å²) in [5.41, 5.74) is 0. The molecule has 0 spiro atoms. The van der Waals surface area contributed by atoms with Crippen LogP contribution in [0.4, 0.5) is 4.79 Å². The Morgan fingerprint density at radius 3 is 2.65 bits per heavy atom. The van der Waals surface area contributed by atoms with Gasteiger partial charge in [0.05, 0.1) is 6.42 Å². The molecule has 0 radical (unpaired) electrons. The van der Waals surface area contributed by atoms with Gasteiger partial charge in [0.1, 0.15) is 0 Å². The van der Waals surface area contributed by atoms with Crippen LogP contribution >= 0.6 is 11.8 Å². The summed E-state index contributed by atoms with van der Waals surface area (Å²) in [7, 11) is 1.73. The number of nitrogens with one attached hydrogen (secondary N) is 1. The summed E-state index contributed by atoms with van der Waals surface area (Å²) < 4.78 is 0. The van der Waals surface area contributed by atoms with Crippen molar-refractivity contribution >= 4 is 23.8 Å². The number of carbonyl (C=O) groups excluding carboxylic acids is 1. The lowest BCUT2D eigenvalue weighted by Gasteiger charge is -2.25. The largest absolute Gasteiger partial charge is 0.481 e. The van der Waals surface area contributed by atoms with E-state index < -0.39 is 5.97 Å². The highest BCUT2D eigenvalue weighted by Crippen LogP contribution is 2.08. The van der Waals surface area contributed by atoms with Gasteiger partial charge in [0, 0.05) is 19.6 Å². The molecule has 0 aromatic rings. The number of rotatable bonds is 8. The van der Waals surface area contributed by atoms with Gasteiger partial charge in [-0.15, -0.1) is 0 Å². The topological polar surface area (TPSA) is 69.6 Å². The molecule has 0 aromatic heterocycles. The van der Waals surface area contributed by atoms with Crippen LogP contribution in [-0.4, -0.2) is 53.1 Å². The Kier molecular flexibility index (Phi) is 8.66. The average Bonchev–Trinajstić information content (AvgIpc) is 2.27. The van der Waals surface area contributed by atoms with Crippen LogP contribution in [0.1, 0.15) is 26.7 Å². The van der Waals surface area contributed by atoms with Crippen LogP contribution in [0.5, 0.6) is 0 Å². The monoisotopic (exact) mass is 262 g/mol. The first-order valence-electron chi connectivity index (χ1n) is 5.79. The molecule has 1 unspecified atom stereocenters. The molecule has 0 fully saturated rings. The molecule has 2 amide bonds. The normalized spacial score (nSPS) is 11.9. The van der Waals surface area contributed by atoms with Crippen molar-refractivity contribution in [1.29, 1.82) is 0 Å². The van der Waals surface area contributed by atoms with Gasteiger partial charge in [-0.05, 0) is 24.9 Å². The molecular weight excluding hydrogens is 240 g/mol. The van der Waals surface area contributed by atoms with Crippen LogP contribution in [0.3, 0.4) is 0 Å². The Bertz CT molecular complexity index is 249. The highest BCUT2D eigenvalue weighted by atomic mass is 32.2. The van der Waals surface area contributed by atoms with E-state index in [-0.39, 0.29) is 25.0 Å². The molecule has 0 bridgehead atoms. The predicted molar refractivity (Wildman–Crippen MR) is 70.5 cm³/mol. The fraction of sp³-hybridized carbons (Fsp3) is 0.818. The number of carboxylic acids is 1. The standard InChI is InChI=1S/C11H22N2O3S/c1-4-17-8-6-9(2)13(3)11(16)12-7-5-10(14)15/h9H,4-8H2,1-3H3,(H,12,16)(H,14,15). The molecule has 0 saturated carbocycles. The van der Waals surface area contributed by atoms with Crippen LogP contribution in [0, 0.1) is 0 Å². The minimum atomic E-state index is -0.902. The minimum Gasteiger partial charge on any atom is -0.481 e. The highest BCUT2D eigenvalue weighted by molar-refractivity contribution is 7.99. The van der Waals surface area contributed by atoms with E-state index in [0.717, 1.165) is 17.9 Å². The number of aliphatic carboxylic acids is 1. The van der Waals surface area contributed by atoms with Gasteiger partial charge < -0.3 is 15.3 Å². The zero-order valence-corrected chi connectivity index (χ0v) is 11.5. The predicted octanol–water partition coefficient (Wildman–Crippen LogP) is 1.63. The van der Waals surface area contributed by atoms with Crippen LogP contribution in [0.2, 0.25) is 0 Å². The van der Waals surface area contributed by atoms with E-state index in [0.29, 0.717) is 0 Å². The van der Waals surface area contributed by atoms with Crippen LogP contribution < -0.4 is 5.32 Å². The maximum Gasteiger partial charge on any atom is 0.317 e. The van der Waals surface area contributed by atoms with Crippen molar-refractivity contribution in [3.63, 3.8) is 0 Å². The number of hydrogen-bond acceptors (Lipinski definition) is 3. The fourth-order valence-electron chi connectivity index (χ4n) is 1.19. The average molecular weight is 262 g/mol. The SMILES string of the molecule is CCSCCC(C)N(C)C(=O)NCCC(=O)O. The van der Waals surface area contributed by atoms with Gasteiger partial charge in [-0.1, -0.05) is 6.92 Å². The number of carboxylic acid groups (broad SMARTS) is 1. The quantitative estimate of drug-likeness (QED) is 0.652. The molecule has 1 atom stereocenters. The highest BCUT2D eigenvalue weighted by Gasteiger charge is 2.14. The second-order valence-electron chi connectivity index (χ2n) is 3.82. The van der Waals surface area contributed by atoms with E-state index in [1.54, 1.807) is 11.9 Å². The number of carbonyl (C=O) groups is 2. The van der Waals surface area contributed by atoms with E-state index in [1.165, 1.54) is 0 Å². The molecule has 0 aliphatic carbocycles. The third-order valence-electron chi connectivity index (χ3n) is 2.48. The lowest BCUT2D eigenvalue weighted by molar-refractivity contribution is -0.136. The lowest BCUT2D eigenvalue weighted by Crippen LogP contribution is -2.43. The Morgan fingerprint density at radius 2 is 2.12 bits per heavy atom. The van der Waals surface area contributed by atoms with Crippen molar-refractivity contribution < 1.29 is 14.7 Å². The summed E-state index contributed by atoms with van der Waals surface area (Å²) in [6.45, 7) is 4.28.